The van der Waals surface area contributed by atoms with Crippen LogP contribution >= 0.6 is 0 Å². The zero-order valence-electron chi connectivity index (χ0n) is 7.29. The zero-order chi connectivity index (χ0) is 9.68. The molecule has 1 rings (SSSR count). The lowest BCUT2D eigenvalue weighted by Gasteiger charge is -2.03. The van der Waals surface area contributed by atoms with Gasteiger partial charge in [0.1, 0.15) is 0 Å². The fourth-order valence-electron chi connectivity index (χ4n) is 0.846. The normalized spacial score (nSPS) is 17.1. The van der Waals surface area contributed by atoms with Gasteiger partial charge in [-0.25, -0.2) is 0 Å². The number of amidine groups is 1. The van der Waals surface area contributed by atoms with Crippen LogP contribution in [0.3, 0.4) is 0 Å². The molecule has 6 heteroatoms. The Bertz CT molecular complexity index is 213. The van der Waals surface area contributed by atoms with Crippen LogP contribution in [0, 0.1) is 0 Å². The van der Waals surface area contributed by atoms with Crippen LogP contribution in [0.15, 0.2) is 5.16 Å². The zero-order valence-corrected chi connectivity index (χ0v) is 7.29. The molecule has 0 bridgehead atoms. The average molecular weight is 186 g/mol. The second kappa shape index (κ2) is 4.66. The predicted octanol–water partition coefficient (Wildman–Crippen LogP) is -1.40. The lowest BCUT2D eigenvalue weighted by molar-refractivity contribution is -0.120. The summed E-state index contributed by atoms with van der Waals surface area (Å²) in [5.74, 6) is 0.0208. The third-order valence-corrected chi connectivity index (χ3v) is 1.66. The summed E-state index contributed by atoms with van der Waals surface area (Å²) in [6.45, 7) is 0.418. The summed E-state index contributed by atoms with van der Waals surface area (Å²) in [7, 11) is 0. The molecule has 0 aliphatic heterocycles. The number of nitrogens with zero attached hydrogens (tertiary/aromatic N) is 1. The monoisotopic (exact) mass is 186 g/mol. The van der Waals surface area contributed by atoms with Crippen molar-refractivity contribution >= 4 is 11.7 Å². The largest absolute Gasteiger partial charge is 0.409 e. The molecule has 0 saturated heterocycles. The van der Waals surface area contributed by atoms with Crippen molar-refractivity contribution in [1.29, 1.82) is 0 Å². The number of hydrogen-bond acceptors (Lipinski definition) is 4. The molecular weight excluding hydrogens is 172 g/mol. The van der Waals surface area contributed by atoms with Crippen LogP contribution in [-0.4, -0.2) is 36.1 Å². The van der Waals surface area contributed by atoms with Crippen molar-refractivity contribution in [3.63, 3.8) is 0 Å². The average Bonchev–Trinajstić information content (AvgIpc) is 2.88. The maximum absolute atomic E-state index is 11.0. The van der Waals surface area contributed by atoms with Crippen molar-refractivity contribution in [2.75, 3.05) is 13.1 Å². The smallest absolute Gasteiger partial charge is 0.234 e. The van der Waals surface area contributed by atoms with Crippen LogP contribution in [0.4, 0.5) is 0 Å². The minimum absolute atomic E-state index is 0.0479. The molecule has 1 fully saturated rings. The molecule has 6 nitrogen and oxygen atoms in total. The fourth-order valence-corrected chi connectivity index (χ4v) is 0.846. The molecule has 13 heavy (non-hydrogen) atoms. The number of carbonyl (C=O) groups excluding carboxylic acids is 1. The number of rotatable bonds is 5. The molecule has 0 unspecified atom stereocenters. The Hall–Kier alpha value is -1.30. The van der Waals surface area contributed by atoms with E-state index in [2.05, 4.69) is 15.8 Å². The van der Waals surface area contributed by atoms with Crippen molar-refractivity contribution in [1.82, 2.24) is 10.6 Å². The highest BCUT2D eigenvalue weighted by Crippen LogP contribution is 2.17. The summed E-state index contributed by atoms with van der Waals surface area (Å²) in [6.07, 6.45) is 2.15. The Labute approximate surface area is 76.2 Å². The van der Waals surface area contributed by atoms with E-state index in [0.717, 1.165) is 12.8 Å². The van der Waals surface area contributed by atoms with Gasteiger partial charge in [-0.1, -0.05) is 5.16 Å². The molecule has 0 aromatic heterocycles. The van der Waals surface area contributed by atoms with E-state index in [-0.39, 0.29) is 24.8 Å². The predicted molar refractivity (Wildman–Crippen MR) is 47.4 cm³/mol. The first-order valence-corrected chi connectivity index (χ1v) is 4.19. The molecule has 1 aliphatic carbocycles. The quantitative estimate of drug-likeness (QED) is 0.184. The SMILES string of the molecule is NC(CNCC(=O)NC1CC1)=NO. The molecule has 1 amide bonds. The van der Waals surface area contributed by atoms with Gasteiger partial charge in [0.05, 0.1) is 13.1 Å². The maximum atomic E-state index is 11.0. The lowest BCUT2D eigenvalue weighted by atomic mass is 10.5. The van der Waals surface area contributed by atoms with Gasteiger partial charge in [-0.05, 0) is 12.8 Å². The molecular formula is C7H14N4O2. The van der Waals surface area contributed by atoms with Crippen molar-refractivity contribution in [3.8, 4) is 0 Å². The Balaban J connectivity index is 2.00. The van der Waals surface area contributed by atoms with E-state index < -0.39 is 0 Å². The highest BCUT2D eigenvalue weighted by atomic mass is 16.4. The molecule has 0 heterocycles. The minimum atomic E-state index is -0.0479. The second-order valence-electron chi connectivity index (χ2n) is 3.04. The number of hydrogen-bond donors (Lipinski definition) is 4. The van der Waals surface area contributed by atoms with Crippen LogP contribution in [-0.2, 0) is 4.79 Å². The summed E-state index contributed by atoms with van der Waals surface area (Å²) in [5.41, 5.74) is 5.18. The maximum Gasteiger partial charge on any atom is 0.234 e. The number of nitrogens with two attached hydrogens (primary N) is 1. The molecule has 0 radical (unpaired) electrons. The number of carbonyl (C=O) groups is 1. The lowest BCUT2D eigenvalue weighted by Crippen LogP contribution is -2.38. The van der Waals surface area contributed by atoms with E-state index in [4.69, 9.17) is 10.9 Å². The Morgan fingerprint density at radius 3 is 2.77 bits per heavy atom. The Morgan fingerprint density at radius 1 is 1.54 bits per heavy atom. The molecule has 0 aromatic rings. The van der Waals surface area contributed by atoms with Crippen LogP contribution < -0.4 is 16.4 Å². The van der Waals surface area contributed by atoms with Crippen molar-refractivity contribution in [2.45, 2.75) is 18.9 Å². The summed E-state index contributed by atoms with van der Waals surface area (Å²) in [5, 5.41) is 16.5. The molecule has 0 spiro atoms. The first-order valence-electron chi connectivity index (χ1n) is 4.19. The Morgan fingerprint density at radius 2 is 2.23 bits per heavy atom. The highest BCUT2D eigenvalue weighted by molar-refractivity contribution is 5.83. The first kappa shape index (κ1) is 9.79. The second-order valence-corrected chi connectivity index (χ2v) is 3.04. The van der Waals surface area contributed by atoms with Crippen LogP contribution in [0.2, 0.25) is 0 Å². The molecule has 1 aliphatic rings. The Kier molecular flexibility index (Phi) is 3.51. The van der Waals surface area contributed by atoms with Crippen molar-refractivity contribution in [2.24, 2.45) is 10.9 Å². The molecule has 0 aromatic carbocycles. The van der Waals surface area contributed by atoms with Crippen molar-refractivity contribution in [3.05, 3.63) is 0 Å². The van der Waals surface area contributed by atoms with E-state index >= 15 is 0 Å². The van der Waals surface area contributed by atoms with Gasteiger partial charge in [0.15, 0.2) is 5.84 Å². The van der Waals surface area contributed by atoms with E-state index in [9.17, 15) is 4.79 Å². The highest BCUT2D eigenvalue weighted by Gasteiger charge is 2.22. The third-order valence-electron chi connectivity index (χ3n) is 1.66. The standard InChI is InChI=1S/C7H14N4O2/c8-6(11-13)3-9-4-7(12)10-5-1-2-5/h5,9,13H,1-4H2,(H2,8,11)(H,10,12). The summed E-state index contributed by atoms with van der Waals surface area (Å²) < 4.78 is 0. The van der Waals surface area contributed by atoms with Gasteiger partial charge in [-0.15, -0.1) is 0 Å². The van der Waals surface area contributed by atoms with Crippen molar-refractivity contribution < 1.29 is 10.0 Å². The van der Waals surface area contributed by atoms with Gasteiger partial charge in [-0.3, -0.25) is 4.79 Å². The van der Waals surface area contributed by atoms with Gasteiger partial charge in [0.25, 0.3) is 0 Å². The van der Waals surface area contributed by atoms with E-state index in [1.807, 2.05) is 0 Å². The van der Waals surface area contributed by atoms with Gasteiger partial charge in [0.2, 0.25) is 5.91 Å². The fraction of sp³-hybridized carbons (Fsp3) is 0.714. The van der Waals surface area contributed by atoms with Gasteiger partial charge >= 0.3 is 0 Å². The molecule has 1 saturated carbocycles. The van der Waals surface area contributed by atoms with E-state index in [0.29, 0.717) is 6.04 Å². The summed E-state index contributed by atoms with van der Waals surface area (Å²) >= 11 is 0. The van der Waals surface area contributed by atoms with E-state index in [1.54, 1.807) is 0 Å². The van der Waals surface area contributed by atoms with Crippen LogP contribution in [0.25, 0.3) is 0 Å². The molecule has 5 N–H and O–H groups in total. The van der Waals surface area contributed by atoms with Crippen LogP contribution in [0.5, 0.6) is 0 Å². The first-order chi connectivity index (χ1) is 6.22. The number of oxime groups is 1. The number of amides is 1. The van der Waals surface area contributed by atoms with Gasteiger partial charge in [0, 0.05) is 6.04 Å². The number of nitrogens with one attached hydrogen (secondary N) is 2. The topological polar surface area (TPSA) is 99.7 Å². The third kappa shape index (κ3) is 4.32. The minimum Gasteiger partial charge on any atom is -0.409 e. The van der Waals surface area contributed by atoms with Gasteiger partial charge in [-0.2, -0.15) is 0 Å². The van der Waals surface area contributed by atoms with Crippen LogP contribution in [0.1, 0.15) is 12.8 Å². The summed E-state index contributed by atoms with van der Waals surface area (Å²) in [6, 6.07) is 0.373. The summed E-state index contributed by atoms with van der Waals surface area (Å²) in [4.78, 5) is 11.0. The van der Waals surface area contributed by atoms with E-state index in [1.165, 1.54) is 0 Å². The molecule has 0 atom stereocenters. The molecule has 74 valence electrons. The van der Waals surface area contributed by atoms with Gasteiger partial charge < -0.3 is 21.6 Å².